The average Bonchev–Trinajstić information content (AvgIpc) is 2.35. The minimum absolute atomic E-state index is 0.305. The van der Waals surface area contributed by atoms with Crippen LogP contribution in [0.25, 0.3) is 0 Å². The molecule has 1 heterocycles. The summed E-state index contributed by atoms with van der Waals surface area (Å²) in [5, 5.41) is 3.22. The molecule has 11 heavy (non-hydrogen) atoms. The molecule has 1 rings (SSSR count). The van der Waals surface area contributed by atoms with E-state index < -0.39 is 16.4 Å². The summed E-state index contributed by atoms with van der Waals surface area (Å²) < 4.78 is 22.6. The highest BCUT2D eigenvalue weighted by Crippen LogP contribution is 2.06. The van der Waals surface area contributed by atoms with Gasteiger partial charge in [-0.25, -0.2) is 0 Å². The van der Waals surface area contributed by atoms with Gasteiger partial charge in [-0.1, -0.05) is 4.36 Å². The first-order valence-electron chi connectivity index (χ1n) is 2.58. The Labute approximate surface area is 68.2 Å². The van der Waals surface area contributed by atoms with Crippen molar-refractivity contribution in [1.29, 1.82) is 0 Å². The monoisotopic (exact) mass is 189 g/mol. The number of carbonyl (C=O) groups is 1. The molecule has 0 spiro atoms. The summed E-state index contributed by atoms with van der Waals surface area (Å²) >= 11 is 1.31. The van der Waals surface area contributed by atoms with Gasteiger partial charge in [-0.3, -0.25) is 4.79 Å². The number of hydrogen-bond donors (Lipinski definition) is 0. The molecule has 1 aromatic heterocycles. The molecule has 0 bridgehead atoms. The van der Waals surface area contributed by atoms with Crippen LogP contribution in [0, 0.1) is 0 Å². The molecule has 0 N–H and O–H groups in total. The van der Waals surface area contributed by atoms with Crippen molar-refractivity contribution in [1.82, 2.24) is 0 Å². The number of carbonyl (C=O) groups excluding carboxylic acids is 1. The number of thiophene rings is 1. The fourth-order valence-electron chi connectivity index (χ4n) is 0.507. The van der Waals surface area contributed by atoms with Gasteiger partial charge >= 0.3 is 10.5 Å². The second-order valence-electron chi connectivity index (χ2n) is 1.63. The Balaban J connectivity index is 2.97. The first kappa shape index (κ1) is 8.09. The summed E-state index contributed by atoms with van der Waals surface area (Å²) in [6.07, 6.45) is 0. The van der Waals surface area contributed by atoms with Crippen molar-refractivity contribution in [2.45, 2.75) is 0 Å². The topological polar surface area (TPSA) is 63.6 Å². The van der Waals surface area contributed by atoms with Crippen molar-refractivity contribution in [3.63, 3.8) is 0 Å². The van der Waals surface area contributed by atoms with E-state index in [1.165, 1.54) is 17.4 Å². The van der Waals surface area contributed by atoms with Crippen molar-refractivity contribution in [2.75, 3.05) is 0 Å². The largest absolute Gasteiger partial charge is 0.319 e. The van der Waals surface area contributed by atoms with Gasteiger partial charge in [0, 0.05) is 5.38 Å². The summed E-state index contributed by atoms with van der Waals surface area (Å²) in [4.78, 5) is 10.8. The molecule has 0 aliphatic carbocycles. The minimum atomic E-state index is -2.65. The van der Waals surface area contributed by atoms with Crippen LogP contribution in [0.3, 0.4) is 0 Å². The first-order chi connectivity index (χ1) is 5.20. The maximum atomic E-state index is 10.8. The summed E-state index contributed by atoms with van der Waals surface area (Å²) in [5.74, 6) is -0.723. The van der Waals surface area contributed by atoms with Gasteiger partial charge in [0.2, 0.25) is 0 Å². The molecule has 6 heteroatoms. The van der Waals surface area contributed by atoms with Crippen molar-refractivity contribution in [3.05, 3.63) is 22.4 Å². The lowest BCUT2D eigenvalue weighted by Gasteiger charge is -1.79. The normalized spacial score (nSPS) is 9.09. The van der Waals surface area contributed by atoms with Gasteiger partial charge in [0.05, 0.1) is 5.56 Å². The van der Waals surface area contributed by atoms with Crippen molar-refractivity contribution >= 4 is 27.7 Å². The lowest BCUT2D eigenvalue weighted by molar-refractivity contribution is 0.101. The standard InChI is InChI=1S/C5H3NO3S2/c7-5(6-11(8)9)4-1-2-10-3-4/h1-3H. The van der Waals surface area contributed by atoms with E-state index in [0.29, 0.717) is 5.56 Å². The van der Waals surface area contributed by atoms with Crippen molar-refractivity contribution in [2.24, 2.45) is 4.36 Å². The fraction of sp³-hybridized carbons (Fsp3) is 0. The SMILES string of the molecule is O=C(N=S(=O)=O)c1ccsc1. The van der Waals surface area contributed by atoms with E-state index >= 15 is 0 Å². The minimum Gasteiger partial charge on any atom is -0.266 e. The van der Waals surface area contributed by atoms with Crippen LogP contribution in [-0.4, -0.2) is 14.3 Å². The van der Waals surface area contributed by atoms with E-state index in [1.54, 1.807) is 10.8 Å². The molecule has 0 fully saturated rings. The zero-order chi connectivity index (χ0) is 8.27. The Morgan fingerprint density at radius 1 is 1.55 bits per heavy atom. The van der Waals surface area contributed by atoms with Crippen molar-refractivity contribution in [3.8, 4) is 0 Å². The Bertz CT molecular complexity index is 368. The molecule has 1 aromatic rings. The second kappa shape index (κ2) is 3.40. The zero-order valence-electron chi connectivity index (χ0n) is 5.22. The smallest absolute Gasteiger partial charge is 0.266 e. The predicted molar refractivity (Wildman–Crippen MR) is 40.0 cm³/mol. The molecule has 0 aliphatic heterocycles. The van der Waals surface area contributed by atoms with Crippen molar-refractivity contribution < 1.29 is 13.2 Å². The van der Waals surface area contributed by atoms with Gasteiger partial charge in [0.15, 0.2) is 0 Å². The van der Waals surface area contributed by atoms with E-state index in [2.05, 4.69) is 4.36 Å². The van der Waals surface area contributed by atoms with E-state index in [4.69, 9.17) is 0 Å². The number of hydrogen-bond acceptors (Lipinski definition) is 4. The van der Waals surface area contributed by atoms with Crippen LogP contribution in [0.2, 0.25) is 0 Å². The van der Waals surface area contributed by atoms with E-state index in [9.17, 15) is 13.2 Å². The maximum Gasteiger partial charge on any atom is 0.319 e. The molecule has 0 radical (unpaired) electrons. The third-order valence-corrected chi connectivity index (χ3v) is 1.92. The van der Waals surface area contributed by atoms with Crippen LogP contribution >= 0.6 is 11.3 Å². The van der Waals surface area contributed by atoms with E-state index in [-0.39, 0.29) is 0 Å². The summed E-state index contributed by atoms with van der Waals surface area (Å²) in [7, 11) is -2.65. The molecule has 4 nitrogen and oxygen atoms in total. The Morgan fingerprint density at radius 3 is 2.73 bits per heavy atom. The van der Waals surface area contributed by atoms with Gasteiger partial charge < -0.3 is 0 Å². The molecule has 0 unspecified atom stereocenters. The Kier molecular flexibility index (Phi) is 2.50. The van der Waals surface area contributed by atoms with Crippen LogP contribution in [0.1, 0.15) is 10.4 Å². The van der Waals surface area contributed by atoms with E-state index in [1.807, 2.05) is 0 Å². The maximum absolute atomic E-state index is 10.8. The first-order valence-corrected chi connectivity index (χ1v) is 4.55. The second-order valence-corrected chi connectivity index (χ2v) is 3.02. The van der Waals surface area contributed by atoms with Crippen LogP contribution in [0.4, 0.5) is 0 Å². The number of rotatable bonds is 1. The Hall–Kier alpha value is -1.01. The molecule has 0 atom stereocenters. The van der Waals surface area contributed by atoms with Gasteiger partial charge in [0.25, 0.3) is 5.91 Å². The predicted octanol–water partition coefficient (Wildman–Crippen LogP) is 0.951. The number of nitrogens with zero attached hydrogens (tertiary/aromatic N) is 1. The molecule has 0 saturated carbocycles. The summed E-state index contributed by atoms with van der Waals surface area (Å²) in [6, 6.07) is 1.52. The molecule has 1 amide bonds. The van der Waals surface area contributed by atoms with Crippen LogP contribution in [-0.2, 0) is 10.5 Å². The number of amides is 1. The molecule has 0 saturated heterocycles. The highest BCUT2D eigenvalue weighted by atomic mass is 32.2. The van der Waals surface area contributed by atoms with E-state index in [0.717, 1.165) is 0 Å². The third kappa shape index (κ3) is 2.24. The lowest BCUT2D eigenvalue weighted by Crippen LogP contribution is -1.89. The zero-order valence-corrected chi connectivity index (χ0v) is 6.85. The highest BCUT2D eigenvalue weighted by Gasteiger charge is 2.02. The van der Waals surface area contributed by atoms with Crippen LogP contribution < -0.4 is 0 Å². The van der Waals surface area contributed by atoms with Gasteiger partial charge in [-0.15, -0.1) is 0 Å². The molecule has 0 aliphatic rings. The molecular formula is C5H3NO3S2. The summed E-state index contributed by atoms with van der Waals surface area (Å²) in [5.41, 5.74) is 0.305. The van der Waals surface area contributed by atoms with Crippen LogP contribution in [0.15, 0.2) is 21.2 Å². The third-order valence-electron chi connectivity index (χ3n) is 0.926. The fourth-order valence-corrected chi connectivity index (χ4v) is 1.38. The summed E-state index contributed by atoms with van der Waals surface area (Å²) in [6.45, 7) is 0. The van der Waals surface area contributed by atoms with Crippen LogP contribution in [0.5, 0.6) is 0 Å². The lowest BCUT2D eigenvalue weighted by atomic mass is 10.3. The quantitative estimate of drug-likeness (QED) is 0.660. The van der Waals surface area contributed by atoms with Gasteiger partial charge in [-0.2, -0.15) is 19.8 Å². The molecular weight excluding hydrogens is 186 g/mol. The van der Waals surface area contributed by atoms with Gasteiger partial charge in [0.1, 0.15) is 0 Å². The molecule has 0 aromatic carbocycles. The highest BCUT2D eigenvalue weighted by molar-refractivity contribution is 7.62. The molecule has 58 valence electrons. The average molecular weight is 189 g/mol. The van der Waals surface area contributed by atoms with Gasteiger partial charge in [-0.05, 0) is 11.4 Å². The Morgan fingerprint density at radius 2 is 2.27 bits per heavy atom.